The van der Waals surface area contributed by atoms with Gasteiger partial charge in [-0.1, -0.05) is 12.1 Å². The zero-order valence-electron chi connectivity index (χ0n) is 12.7. The van der Waals surface area contributed by atoms with E-state index < -0.39 is 5.82 Å². The Bertz CT molecular complexity index is 830. The van der Waals surface area contributed by atoms with Crippen LogP contribution in [0.5, 0.6) is 5.75 Å². The minimum atomic E-state index is -0.470. The van der Waals surface area contributed by atoms with Gasteiger partial charge in [0.25, 0.3) is 5.91 Å². The lowest BCUT2D eigenvalue weighted by atomic mass is 10.1. The van der Waals surface area contributed by atoms with Crippen molar-refractivity contribution in [1.29, 1.82) is 0 Å². The molecule has 0 saturated carbocycles. The monoisotopic (exact) mass is 330 g/mol. The molecule has 0 bridgehead atoms. The highest BCUT2D eigenvalue weighted by Crippen LogP contribution is 2.24. The van der Waals surface area contributed by atoms with Crippen LogP contribution >= 0.6 is 11.3 Å². The minimum absolute atomic E-state index is 0.205. The second-order valence-corrected chi connectivity index (χ2v) is 6.20. The van der Waals surface area contributed by atoms with Crippen molar-refractivity contribution in [3.63, 3.8) is 0 Å². The lowest BCUT2D eigenvalue weighted by Crippen LogP contribution is -2.26. The summed E-state index contributed by atoms with van der Waals surface area (Å²) in [6, 6.07) is 11.7. The molecule has 0 atom stereocenters. The Morgan fingerprint density at radius 1 is 1.30 bits per heavy atom. The van der Waals surface area contributed by atoms with Gasteiger partial charge in [0.05, 0.1) is 29.4 Å². The van der Waals surface area contributed by atoms with Crippen molar-refractivity contribution in [2.45, 2.75) is 6.54 Å². The van der Waals surface area contributed by atoms with E-state index in [1.807, 2.05) is 24.3 Å². The number of carbonyl (C=O) groups is 1. The first-order chi connectivity index (χ1) is 11.1. The van der Waals surface area contributed by atoms with Crippen LogP contribution in [-0.4, -0.2) is 29.9 Å². The molecule has 2 aromatic carbocycles. The average Bonchev–Trinajstić information content (AvgIpc) is 2.96. The van der Waals surface area contributed by atoms with E-state index in [4.69, 9.17) is 4.74 Å². The number of benzene rings is 2. The van der Waals surface area contributed by atoms with Crippen LogP contribution in [0, 0.1) is 5.82 Å². The number of rotatable bonds is 4. The van der Waals surface area contributed by atoms with Crippen molar-refractivity contribution in [1.82, 2.24) is 9.88 Å². The molecule has 0 radical (unpaired) electrons. The summed E-state index contributed by atoms with van der Waals surface area (Å²) in [5.74, 6) is -0.421. The number of para-hydroxylation sites is 1. The van der Waals surface area contributed by atoms with Gasteiger partial charge in [0.15, 0.2) is 0 Å². The van der Waals surface area contributed by atoms with Crippen molar-refractivity contribution in [2.24, 2.45) is 0 Å². The summed E-state index contributed by atoms with van der Waals surface area (Å²) in [4.78, 5) is 18.6. The fraction of sp³-hybridized carbons (Fsp3) is 0.176. The van der Waals surface area contributed by atoms with E-state index in [1.54, 1.807) is 18.4 Å². The number of thiazole rings is 1. The van der Waals surface area contributed by atoms with Crippen molar-refractivity contribution in [3.05, 3.63) is 58.9 Å². The Morgan fingerprint density at radius 2 is 2.09 bits per heavy atom. The molecule has 0 aliphatic heterocycles. The van der Waals surface area contributed by atoms with Gasteiger partial charge in [-0.2, -0.15) is 0 Å². The molecule has 0 fully saturated rings. The molecule has 0 aliphatic rings. The van der Waals surface area contributed by atoms with Gasteiger partial charge in [-0.15, -0.1) is 11.3 Å². The van der Waals surface area contributed by atoms with Crippen LogP contribution < -0.4 is 4.74 Å². The second kappa shape index (κ2) is 6.34. The fourth-order valence-corrected chi connectivity index (χ4v) is 3.34. The van der Waals surface area contributed by atoms with Crippen LogP contribution in [0.4, 0.5) is 4.39 Å². The zero-order chi connectivity index (χ0) is 16.4. The maximum absolute atomic E-state index is 13.4. The Morgan fingerprint density at radius 3 is 2.83 bits per heavy atom. The largest absolute Gasteiger partial charge is 0.496 e. The van der Waals surface area contributed by atoms with E-state index in [-0.39, 0.29) is 11.5 Å². The summed E-state index contributed by atoms with van der Waals surface area (Å²) >= 11 is 1.54. The first-order valence-electron chi connectivity index (χ1n) is 7.02. The highest BCUT2D eigenvalue weighted by Gasteiger charge is 2.19. The number of methoxy groups -OCH3 is 1. The molecule has 0 unspecified atom stereocenters. The SMILES string of the molecule is COc1ccc(F)cc1C(=O)N(C)Cc1nc2ccccc2s1. The van der Waals surface area contributed by atoms with Gasteiger partial charge in [-0.25, -0.2) is 9.37 Å². The molecule has 1 heterocycles. The van der Waals surface area contributed by atoms with Gasteiger partial charge >= 0.3 is 0 Å². The highest BCUT2D eigenvalue weighted by molar-refractivity contribution is 7.18. The van der Waals surface area contributed by atoms with Gasteiger partial charge < -0.3 is 9.64 Å². The van der Waals surface area contributed by atoms with E-state index in [0.717, 1.165) is 15.2 Å². The Labute approximate surface area is 137 Å². The molecule has 0 aliphatic carbocycles. The highest BCUT2D eigenvalue weighted by atomic mass is 32.1. The Hall–Kier alpha value is -2.47. The molecule has 118 valence electrons. The number of aromatic nitrogens is 1. The predicted molar refractivity (Wildman–Crippen MR) is 88.4 cm³/mol. The Balaban J connectivity index is 1.83. The molecule has 6 heteroatoms. The van der Waals surface area contributed by atoms with Gasteiger partial charge in [0, 0.05) is 7.05 Å². The molecule has 1 aromatic heterocycles. The molecule has 0 saturated heterocycles. The molecule has 3 aromatic rings. The summed E-state index contributed by atoms with van der Waals surface area (Å²) in [6.07, 6.45) is 0. The Kier molecular flexibility index (Phi) is 4.25. The van der Waals surface area contributed by atoms with E-state index in [1.165, 1.54) is 30.2 Å². The van der Waals surface area contributed by atoms with Crippen LogP contribution in [0.1, 0.15) is 15.4 Å². The molecule has 3 rings (SSSR count). The molecule has 4 nitrogen and oxygen atoms in total. The van der Waals surface area contributed by atoms with Gasteiger partial charge in [-0.3, -0.25) is 4.79 Å². The normalized spacial score (nSPS) is 10.7. The lowest BCUT2D eigenvalue weighted by Gasteiger charge is -2.17. The summed E-state index contributed by atoms with van der Waals surface area (Å²) in [7, 11) is 3.12. The maximum Gasteiger partial charge on any atom is 0.257 e. The lowest BCUT2D eigenvalue weighted by molar-refractivity contribution is 0.0781. The van der Waals surface area contributed by atoms with Crippen LogP contribution in [0.3, 0.4) is 0 Å². The van der Waals surface area contributed by atoms with Crippen molar-refractivity contribution >= 4 is 27.5 Å². The predicted octanol–water partition coefficient (Wildman–Crippen LogP) is 3.72. The summed E-state index contributed by atoms with van der Waals surface area (Å²) in [5, 5.41) is 0.831. The molecule has 23 heavy (non-hydrogen) atoms. The first-order valence-corrected chi connectivity index (χ1v) is 7.83. The van der Waals surface area contributed by atoms with Gasteiger partial charge in [0.2, 0.25) is 0 Å². The number of amides is 1. The number of hydrogen-bond donors (Lipinski definition) is 0. The van der Waals surface area contributed by atoms with Crippen molar-refractivity contribution < 1.29 is 13.9 Å². The van der Waals surface area contributed by atoms with Crippen LogP contribution in [-0.2, 0) is 6.54 Å². The number of ether oxygens (including phenoxy) is 1. The topological polar surface area (TPSA) is 42.4 Å². The molecular formula is C17H15FN2O2S. The van der Waals surface area contributed by atoms with Crippen molar-refractivity contribution in [3.8, 4) is 5.75 Å². The summed E-state index contributed by atoms with van der Waals surface area (Å²) in [5.41, 5.74) is 1.12. The van der Waals surface area contributed by atoms with Gasteiger partial charge in [0.1, 0.15) is 16.6 Å². The van der Waals surface area contributed by atoms with E-state index in [2.05, 4.69) is 4.98 Å². The first kappa shape index (κ1) is 15.4. The molecule has 0 N–H and O–H groups in total. The van der Waals surface area contributed by atoms with E-state index in [9.17, 15) is 9.18 Å². The summed E-state index contributed by atoms with van der Waals surface area (Å²) in [6.45, 7) is 0.359. The third kappa shape index (κ3) is 3.17. The number of hydrogen-bond acceptors (Lipinski definition) is 4. The fourth-order valence-electron chi connectivity index (χ4n) is 2.32. The molecule has 1 amide bonds. The second-order valence-electron chi connectivity index (χ2n) is 5.08. The zero-order valence-corrected chi connectivity index (χ0v) is 13.6. The minimum Gasteiger partial charge on any atom is -0.496 e. The number of fused-ring (bicyclic) bond motifs is 1. The van der Waals surface area contributed by atoms with Crippen LogP contribution in [0.15, 0.2) is 42.5 Å². The number of carbonyl (C=O) groups excluding carboxylic acids is 1. The summed E-state index contributed by atoms with van der Waals surface area (Å²) < 4.78 is 19.7. The van der Waals surface area contributed by atoms with E-state index >= 15 is 0 Å². The van der Waals surface area contributed by atoms with Crippen LogP contribution in [0.2, 0.25) is 0 Å². The third-order valence-corrected chi connectivity index (χ3v) is 4.47. The van der Waals surface area contributed by atoms with Crippen LogP contribution in [0.25, 0.3) is 10.2 Å². The number of halogens is 1. The van der Waals surface area contributed by atoms with E-state index in [0.29, 0.717) is 12.3 Å². The van der Waals surface area contributed by atoms with Gasteiger partial charge in [-0.05, 0) is 30.3 Å². The standard InChI is InChI=1S/C17H15FN2O2S/c1-20(10-16-19-13-5-3-4-6-15(13)23-16)17(21)12-9-11(18)7-8-14(12)22-2/h3-9H,10H2,1-2H3. The molecule has 0 spiro atoms. The molecular weight excluding hydrogens is 315 g/mol. The quantitative estimate of drug-likeness (QED) is 0.732. The number of nitrogens with zero attached hydrogens (tertiary/aromatic N) is 2. The van der Waals surface area contributed by atoms with Crippen molar-refractivity contribution in [2.75, 3.05) is 14.2 Å². The maximum atomic E-state index is 13.4. The third-order valence-electron chi connectivity index (χ3n) is 3.45. The average molecular weight is 330 g/mol. The smallest absolute Gasteiger partial charge is 0.257 e.